The van der Waals surface area contributed by atoms with Crippen molar-refractivity contribution in [3.05, 3.63) is 95.3 Å². The fourth-order valence-electron chi connectivity index (χ4n) is 3.90. The minimum atomic E-state index is -3.74. The van der Waals surface area contributed by atoms with Gasteiger partial charge in [0.2, 0.25) is 15.9 Å². The average Bonchev–Trinajstić information content (AvgIpc) is 2.82. The Kier molecular flexibility index (Phi) is 7.09. The number of carbonyl (C=O) groups is 1. The predicted molar refractivity (Wildman–Crippen MR) is 126 cm³/mol. The number of rotatable bonds is 6. The highest BCUT2D eigenvalue weighted by molar-refractivity contribution is 7.89. The molecule has 3 aromatic carbocycles. The molecule has 1 N–H and O–H groups in total. The first kappa shape index (κ1) is 23.4. The van der Waals surface area contributed by atoms with Gasteiger partial charge < -0.3 is 5.32 Å². The van der Waals surface area contributed by atoms with Gasteiger partial charge in [-0.15, -0.1) is 0 Å². The molecule has 0 saturated carbocycles. The SMILES string of the molecule is O=C(Nc1ccc(F)cc1)[C@H](c1ccccc1)N1CCN(S(=O)(=O)c2ccccc2Cl)CC1. The van der Waals surface area contributed by atoms with Crippen LogP contribution in [0.5, 0.6) is 0 Å². The van der Waals surface area contributed by atoms with E-state index in [1.165, 1.54) is 34.6 Å². The van der Waals surface area contributed by atoms with E-state index in [0.717, 1.165) is 5.56 Å². The molecule has 172 valence electrons. The van der Waals surface area contributed by atoms with Crippen LogP contribution in [-0.4, -0.2) is 49.7 Å². The van der Waals surface area contributed by atoms with Gasteiger partial charge in [-0.1, -0.05) is 54.1 Å². The number of amides is 1. The van der Waals surface area contributed by atoms with E-state index in [4.69, 9.17) is 11.6 Å². The minimum absolute atomic E-state index is 0.0776. The Bertz CT molecular complexity index is 1220. The van der Waals surface area contributed by atoms with Crippen LogP contribution in [0.25, 0.3) is 0 Å². The molecular weight excluding hydrogens is 465 g/mol. The second-order valence-electron chi connectivity index (χ2n) is 7.68. The van der Waals surface area contributed by atoms with Crippen LogP contribution in [0.1, 0.15) is 11.6 Å². The van der Waals surface area contributed by atoms with Crippen molar-refractivity contribution in [2.24, 2.45) is 0 Å². The van der Waals surface area contributed by atoms with Gasteiger partial charge in [-0.2, -0.15) is 4.31 Å². The molecule has 0 radical (unpaired) electrons. The number of anilines is 1. The van der Waals surface area contributed by atoms with Gasteiger partial charge in [0, 0.05) is 31.9 Å². The zero-order valence-corrected chi connectivity index (χ0v) is 19.3. The van der Waals surface area contributed by atoms with Crippen LogP contribution in [0.15, 0.2) is 83.8 Å². The summed E-state index contributed by atoms with van der Waals surface area (Å²) in [5, 5.41) is 3.02. The molecule has 0 spiro atoms. The van der Waals surface area contributed by atoms with Crippen molar-refractivity contribution in [1.29, 1.82) is 0 Å². The lowest BCUT2D eigenvalue weighted by Gasteiger charge is -2.38. The van der Waals surface area contributed by atoms with Crippen molar-refractivity contribution >= 4 is 33.2 Å². The van der Waals surface area contributed by atoms with Gasteiger partial charge in [-0.05, 0) is 42.0 Å². The number of benzene rings is 3. The zero-order valence-electron chi connectivity index (χ0n) is 17.7. The van der Waals surface area contributed by atoms with Crippen molar-refractivity contribution in [2.45, 2.75) is 10.9 Å². The molecule has 0 aliphatic carbocycles. The number of halogens is 2. The Morgan fingerprint density at radius 2 is 1.48 bits per heavy atom. The molecule has 1 saturated heterocycles. The third-order valence-electron chi connectivity index (χ3n) is 5.57. The van der Waals surface area contributed by atoms with Gasteiger partial charge in [-0.3, -0.25) is 9.69 Å². The number of hydrogen-bond acceptors (Lipinski definition) is 4. The highest BCUT2D eigenvalue weighted by Gasteiger charge is 2.35. The molecule has 6 nitrogen and oxygen atoms in total. The summed E-state index contributed by atoms with van der Waals surface area (Å²) in [6.07, 6.45) is 0. The van der Waals surface area contributed by atoms with Crippen LogP contribution >= 0.6 is 11.6 Å². The monoisotopic (exact) mass is 487 g/mol. The van der Waals surface area contributed by atoms with Gasteiger partial charge in [0.25, 0.3) is 0 Å². The number of carbonyl (C=O) groups excluding carboxylic acids is 1. The molecule has 1 aliphatic heterocycles. The first-order valence-corrected chi connectivity index (χ1v) is 12.3. The smallest absolute Gasteiger partial charge is 0.246 e. The Balaban J connectivity index is 1.53. The maximum absolute atomic E-state index is 13.2. The summed E-state index contributed by atoms with van der Waals surface area (Å²) in [4.78, 5) is 15.3. The third kappa shape index (κ3) is 5.25. The number of nitrogens with one attached hydrogen (secondary N) is 1. The molecule has 1 aliphatic rings. The molecule has 33 heavy (non-hydrogen) atoms. The Morgan fingerprint density at radius 1 is 0.879 bits per heavy atom. The van der Waals surface area contributed by atoms with Crippen molar-refractivity contribution < 1.29 is 17.6 Å². The fourth-order valence-corrected chi connectivity index (χ4v) is 5.82. The van der Waals surface area contributed by atoms with Crippen molar-refractivity contribution in [2.75, 3.05) is 31.5 Å². The lowest BCUT2D eigenvalue weighted by molar-refractivity contribution is -0.122. The van der Waals surface area contributed by atoms with E-state index >= 15 is 0 Å². The number of piperazine rings is 1. The van der Waals surface area contributed by atoms with Gasteiger partial charge in [-0.25, -0.2) is 12.8 Å². The molecule has 0 aromatic heterocycles. The van der Waals surface area contributed by atoms with Crippen LogP contribution in [-0.2, 0) is 14.8 Å². The minimum Gasteiger partial charge on any atom is -0.324 e. The molecule has 1 heterocycles. The molecular formula is C24H23ClFN3O3S. The summed E-state index contributed by atoms with van der Waals surface area (Å²) in [5.41, 5.74) is 1.28. The van der Waals surface area contributed by atoms with E-state index < -0.39 is 16.1 Å². The van der Waals surface area contributed by atoms with Gasteiger partial charge in [0.1, 0.15) is 16.8 Å². The second-order valence-corrected chi connectivity index (χ2v) is 9.99. The van der Waals surface area contributed by atoms with Crippen LogP contribution < -0.4 is 5.32 Å². The van der Waals surface area contributed by atoms with Crippen LogP contribution in [0, 0.1) is 5.82 Å². The predicted octanol–water partition coefficient (Wildman–Crippen LogP) is 4.17. The molecule has 1 amide bonds. The van der Waals surface area contributed by atoms with Crippen molar-refractivity contribution in [3.63, 3.8) is 0 Å². The van der Waals surface area contributed by atoms with Gasteiger partial charge in [0.15, 0.2) is 0 Å². The largest absolute Gasteiger partial charge is 0.324 e. The summed E-state index contributed by atoms with van der Waals surface area (Å²) in [7, 11) is -3.74. The molecule has 1 atom stereocenters. The van der Waals surface area contributed by atoms with E-state index in [1.807, 2.05) is 35.2 Å². The number of hydrogen-bond donors (Lipinski definition) is 1. The maximum Gasteiger partial charge on any atom is 0.246 e. The quantitative estimate of drug-likeness (QED) is 0.566. The first-order chi connectivity index (χ1) is 15.9. The lowest BCUT2D eigenvalue weighted by atomic mass is 10.0. The van der Waals surface area contributed by atoms with Crippen LogP contribution in [0.4, 0.5) is 10.1 Å². The Hall–Kier alpha value is -2.78. The summed E-state index contributed by atoms with van der Waals surface area (Å²) < 4.78 is 40.8. The number of sulfonamides is 1. The Morgan fingerprint density at radius 3 is 2.12 bits per heavy atom. The molecule has 3 aromatic rings. The summed E-state index contributed by atoms with van der Waals surface area (Å²) in [6, 6.07) is 20.6. The second kappa shape index (κ2) is 10.0. The highest BCUT2D eigenvalue weighted by atomic mass is 35.5. The van der Waals surface area contributed by atoms with Crippen LogP contribution in [0.3, 0.4) is 0 Å². The van der Waals surface area contributed by atoms with E-state index in [0.29, 0.717) is 18.8 Å². The third-order valence-corrected chi connectivity index (χ3v) is 7.97. The first-order valence-electron chi connectivity index (χ1n) is 10.5. The summed E-state index contributed by atoms with van der Waals surface area (Å²) >= 11 is 6.12. The average molecular weight is 488 g/mol. The summed E-state index contributed by atoms with van der Waals surface area (Å²) in [6.45, 7) is 1.17. The molecule has 0 unspecified atom stereocenters. The van der Waals surface area contributed by atoms with Gasteiger partial charge in [0.05, 0.1) is 5.02 Å². The topological polar surface area (TPSA) is 69.7 Å². The van der Waals surface area contributed by atoms with E-state index in [9.17, 15) is 17.6 Å². The summed E-state index contributed by atoms with van der Waals surface area (Å²) in [5.74, 6) is -0.654. The normalized spacial score (nSPS) is 16.3. The molecule has 0 bridgehead atoms. The van der Waals surface area contributed by atoms with E-state index in [-0.39, 0.29) is 34.7 Å². The Labute approximate surface area is 197 Å². The van der Waals surface area contributed by atoms with E-state index in [1.54, 1.807) is 18.2 Å². The van der Waals surface area contributed by atoms with Gasteiger partial charge >= 0.3 is 0 Å². The van der Waals surface area contributed by atoms with Crippen molar-refractivity contribution in [3.8, 4) is 0 Å². The standard InChI is InChI=1S/C24H23ClFN3O3S/c25-21-8-4-5-9-22(21)33(31,32)29-16-14-28(15-17-29)23(18-6-2-1-3-7-18)24(30)27-20-12-10-19(26)11-13-20/h1-13,23H,14-17H2,(H,27,30)/t23-/m0/s1. The van der Waals surface area contributed by atoms with Crippen molar-refractivity contribution in [1.82, 2.24) is 9.21 Å². The van der Waals surface area contributed by atoms with Crippen LogP contribution in [0.2, 0.25) is 5.02 Å². The highest BCUT2D eigenvalue weighted by Crippen LogP contribution is 2.28. The number of nitrogens with zero attached hydrogens (tertiary/aromatic N) is 2. The lowest BCUT2D eigenvalue weighted by Crippen LogP contribution is -2.51. The zero-order chi connectivity index (χ0) is 23.4. The maximum atomic E-state index is 13.2. The molecule has 1 fully saturated rings. The molecule has 9 heteroatoms. The fraction of sp³-hybridized carbons (Fsp3) is 0.208. The van der Waals surface area contributed by atoms with E-state index in [2.05, 4.69) is 5.32 Å². The molecule has 4 rings (SSSR count).